The molecule has 1 aliphatic heterocycles. The molecule has 35 heavy (non-hydrogen) atoms. The van der Waals surface area contributed by atoms with Crippen LogP contribution in [0, 0.1) is 12.7 Å². The smallest absolute Gasteiger partial charge is 0.322 e. The number of nitrogens with two attached hydrogens (primary N) is 1. The van der Waals surface area contributed by atoms with Gasteiger partial charge in [0.1, 0.15) is 11.9 Å². The molecule has 8 nitrogen and oxygen atoms in total. The first-order valence-electron chi connectivity index (χ1n) is 11.0. The quantitative estimate of drug-likeness (QED) is 0.493. The van der Waals surface area contributed by atoms with Crippen molar-refractivity contribution in [1.82, 2.24) is 4.90 Å². The fraction of sp³-hybridized carbons (Fsp3) is 0.200. The second-order valence-corrected chi connectivity index (χ2v) is 9.90. The molecular formula is C25H25FN4O4S. The molecule has 0 aliphatic carbocycles. The van der Waals surface area contributed by atoms with Crippen LogP contribution in [0.2, 0.25) is 0 Å². The van der Waals surface area contributed by atoms with Gasteiger partial charge in [0, 0.05) is 29.0 Å². The summed E-state index contributed by atoms with van der Waals surface area (Å²) >= 11 is 0. The Kier molecular flexibility index (Phi) is 6.86. The van der Waals surface area contributed by atoms with Crippen molar-refractivity contribution >= 4 is 33.3 Å². The number of aryl methyl sites for hydroxylation is 1. The van der Waals surface area contributed by atoms with E-state index in [1.165, 1.54) is 35.2 Å². The number of benzene rings is 3. The third-order valence-electron chi connectivity index (χ3n) is 5.84. The van der Waals surface area contributed by atoms with Gasteiger partial charge in [-0.05, 0) is 56.2 Å². The summed E-state index contributed by atoms with van der Waals surface area (Å²) in [5.74, 6) is -1.15. The van der Waals surface area contributed by atoms with Crippen molar-refractivity contribution in [3.05, 3.63) is 78.1 Å². The number of rotatable bonds is 5. The van der Waals surface area contributed by atoms with Gasteiger partial charge in [-0.1, -0.05) is 35.9 Å². The largest absolute Gasteiger partial charge is 0.324 e. The molecule has 3 amide bonds. The number of primary sulfonamides is 1. The predicted molar refractivity (Wildman–Crippen MR) is 132 cm³/mol. The number of likely N-dealkylation sites (tertiary alicyclic amines) is 1. The van der Waals surface area contributed by atoms with Crippen LogP contribution in [0.15, 0.2) is 71.6 Å². The third kappa shape index (κ3) is 5.50. The van der Waals surface area contributed by atoms with Gasteiger partial charge in [-0.2, -0.15) is 0 Å². The highest BCUT2D eigenvalue weighted by atomic mass is 32.2. The molecule has 182 valence electrons. The summed E-state index contributed by atoms with van der Waals surface area (Å²) in [6.45, 7) is 2.37. The maximum atomic E-state index is 14.9. The zero-order valence-electron chi connectivity index (χ0n) is 19.0. The number of anilines is 2. The lowest BCUT2D eigenvalue weighted by atomic mass is 10.0. The molecule has 3 aromatic rings. The van der Waals surface area contributed by atoms with E-state index in [1.54, 1.807) is 18.2 Å². The minimum absolute atomic E-state index is 0.0348. The Morgan fingerprint density at radius 2 is 1.66 bits per heavy atom. The van der Waals surface area contributed by atoms with Crippen LogP contribution in [0.3, 0.4) is 0 Å². The molecular weight excluding hydrogens is 471 g/mol. The summed E-state index contributed by atoms with van der Waals surface area (Å²) in [7, 11) is -4.06. The van der Waals surface area contributed by atoms with E-state index in [4.69, 9.17) is 5.14 Å². The van der Waals surface area contributed by atoms with Gasteiger partial charge in [0.05, 0.1) is 4.90 Å². The Morgan fingerprint density at radius 1 is 0.971 bits per heavy atom. The van der Waals surface area contributed by atoms with Crippen LogP contribution in [0.25, 0.3) is 11.1 Å². The number of amides is 3. The van der Waals surface area contributed by atoms with E-state index in [0.29, 0.717) is 25.1 Å². The molecule has 1 aliphatic rings. The Morgan fingerprint density at radius 3 is 2.34 bits per heavy atom. The van der Waals surface area contributed by atoms with E-state index in [0.717, 1.165) is 11.6 Å². The molecule has 4 N–H and O–H groups in total. The van der Waals surface area contributed by atoms with E-state index < -0.39 is 27.8 Å². The summed E-state index contributed by atoms with van der Waals surface area (Å²) in [5.41, 5.74) is 2.04. The highest BCUT2D eigenvalue weighted by molar-refractivity contribution is 7.89. The van der Waals surface area contributed by atoms with Crippen LogP contribution in [0.1, 0.15) is 18.4 Å². The second-order valence-electron chi connectivity index (χ2n) is 8.37. The molecule has 1 atom stereocenters. The minimum atomic E-state index is -4.06. The molecule has 1 fully saturated rings. The predicted octanol–water partition coefficient (Wildman–Crippen LogP) is 4.08. The standard InChI is InChI=1S/C25H25FN4O4S/c1-16-8-10-17(11-9-16)29-25(32)30-14-4-6-22(30)24(31)28-18-12-13-19(21(26)15-18)20-5-2-3-7-23(20)35(27,33)34/h2-3,5,7-13,15,22H,4,6,14H2,1H3,(H,28,31)(H,29,32)(H2,27,33,34). The van der Waals surface area contributed by atoms with E-state index in [1.807, 2.05) is 19.1 Å². The lowest BCUT2D eigenvalue weighted by molar-refractivity contribution is -0.119. The molecule has 1 heterocycles. The molecule has 0 aromatic heterocycles. The van der Waals surface area contributed by atoms with Gasteiger partial charge in [0.15, 0.2) is 0 Å². The fourth-order valence-electron chi connectivity index (χ4n) is 4.09. The van der Waals surface area contributed by atoms with Gasteiger partial charge in [-0.25, -0.2) is 22.7 Å². The molecule has 0 spiro atoms. The van der Waals surface area contributed by atoms with Crippen molar-refractivity contribution in [3.63, 3.8) is 0 Å². The number of nitrogens with zero attached hydrogens (tertiary/aromatic N) is 1. The monoisotopic (exact) mass is 496 g/mol. The van der Waals surface area contributed by atoms with Gasteiger partial charge >= 0.3 is 6.03 Å². The summed E-state index contributed by atoms with van der Waals surface area (Å²) in [6, 6.07) is 16.1. The van der Waals surface area contributed by atoms with Crippen molar-refractivity contribution in [1.29, 1.82) is 0 Å². The van der Waals surface area contributed by atoms with Crippen LogP contribution in [0.5, 0.6) is 0 Å². The van der Waals surface area contributed by atoms with Gasteiger partial charge in [0.25, 0.3) is 0 Å². The van der Waals surface area contributed by atoms with Crippen molar-refractivity contribution < 1.29 is 22.4 Å². The number of hydrogen-bond donors (Lipinski definition) is 3. The number of carbonyl (C=O) groups is 2. The molecule has 0 radical (unpaired) electrons. The third-order valence-corrected chi connectivity index (χ3v) is 6.81. The van der Waals surface area contributed by atoms with Gasteiger partial charge in [-0.3, -0.25) is 4.79 Å². The Hall–Kier alpha value is -3.76. The van der Waals surface area contributed by atoms with Crippen molar-refractivity contribution in [3.8, 4) is 11.1 Å². The first-order chi connectivity index (χ1) is 16.6. The molecule has 3 aromatic carbocycles. The van der Waals surface area contributed by atoms with E-state index in [-0.39, 0.29) is 27.7 Å². The summed E-state index contributed by atoms with van der Waals surface area (Å²) in [6.07, 6.45) is 1.15. The number of halogens is 1. The summed E-state index contributed by atoms with van der Waals surface area (Å²) in [5, 5.41) is 10.7. The van der Waals surface area contributed by atoms with E-state index >= 15 is 0 Å². The van der Waals surface area contributed by atoms with E-state index in [2.05, 4.69) is 10.6 Å². The Balaban J connectivity index is 1.49. The van der Waals surface area contributed by atoms with Crippen molar-refractivity contribution in [2.24, 2.45) is 5.14 Å². The summed E-state index contributed by atoms with van der Waals surface area (Å²) < 4.78 is 38.7. The van der Waals surface area contributed by atoms with E-state index in [9.17, 15) is 22.4 Å². The second kappa shape index (κ2) is 9.85. The lowest BCUT2D eigenvalue weighted by Gasteiger charge is -2.24. The Labute approximate surface area is 203 Å². The first-order valence-corrected chi connectivity index (χ1v) is 12.5. The number of urea groups is 1. The molecule has 4 rings (SSSR count). The number of nitrogens with one attached hydrogen (secondary N) is 2. The number of hydrogen-bond acceptors (Lipinski definition) is 4. The summed E-state index contributed by atoms with van der Waals surface area (Å²) in [4.78, 5) is 26.9. The highest BCUT2D eigenvalue weighted by Crippen LogP contribution is 2.30. The van der Waals surface area contributed by atoms with Gasteiger partial charge < -0.3 is 15.5 Å². The molecule has 1 saturated heterocycles. The van der Waals surface area contributed by atoms with Gasteiger partial charge in [0.2, 0.25) is 15.9 Å². The average Bonchev–Trinajstić information content (AvgIpc) is 3.31. The van der Waals surface area contributed by atoms with Crippen LogP contribution in [-0.4, -0.2) is 37.8 Å². The molecule has 10 heteroatoms. The average molecular weight is 497 g/mol. The SMILES string of the molecule is Cc1ccc(NC(=O)N2CCCC2C(=O)Nc2ccc(-c3ccccc3S(N)(=O)=O)c(F)c2)cc1. The molecule has 0 saturated carbocycles. The van der Waals surface area contributed by atoms with Crippen LogP contribution < -0.4 is 15.8 Å². The van der Waals surface area contributed by atoms with Crippen molar-refractivity contribution in [2.75, 3.05) is 17.2 Å². The molecule has 1 unspecified atom stereocenters. The van der Waals surface area contributed by atoms with Crippen LogP contribution >= 0.6 is 0 Å². The minimum Gasteiger partial charge on any atom is -0.324 e. The first kappa shape index (κ1) is 24.4. The maximum Gasteiger partial charge on any atom is 0.322 e. The fourth-order valence-corrected chi connectivity index (χ4v) is 4.84. The number of carbonyl (C=O) groups excluding carboxylic acids is 2. The lowest BCUT2D eigenvalue weighted by Crippen LogP contribution is -2.45. The van der Waals surface area contributed by atoms with Gasteiger partial charge in [-0.15, -0.1) is 0 Å². The van der Waals surface area contributed by atoms with Crippen LogP contribution in [-0.2, 0) is 14.8 Å². The Bertz CT molecular complexity index is 1380. The normalized spacial score (nSPS) is 15.6. The number of sulfonamides is 1. The zero-order valence-corrected chi connectivity index (χ0v) is 19.8. The van der Waals surface area contributed by atoms with Crippen molar-refractivity contribution in [2.45, 2.75) is 30.7 Å². The molecule has 0 bridgehead atoms. The maximum absolute atomic E-state index is 14.9. The topological polar surface area (TPSA) is 122 Å². The van der Waals surface area contributed by atoms with Crippen LogP contribution in [0.4, 0.5) is 20.6 Å². The zero-order chi connectivity index (χ0) is 25.2. The highest BCUT2D eigenvalue weighted by Gasteiger charge is 2.34.